The third kappa shape index (κ3) is 3.37. The van der Waals surface area contributed by atoms with Crippen molar-refractivity contribution in [3.63, 3.8) is 0 Å². The molecule has 0 atom stereocenters. The number of hydrogen-bond donors (Lipinski definition) is 1. The van der Waals surface area contributed by atoms with Crippen LogP contribution in [0.25, 0.3) is 11.5 Å². The van der Waals surface area contributed by atoms with Gasteiger partial charge in [-0.05, 0) is 12.6 Å². The van der Waals surface area contributed by atoms with Crippen molar-refractivity contribution in [1.29, 1.82) is 0 Å². The highest BCUT2D eigenvalue weighted by Gasteiger charge is 2.24. The zero-order chi connectivity index (χ0) is 15.4. The molecule has 7 nitrogen and oxygen atoms in total. The lowest BCUT2D eigenvalue weighted by Crippen LogP contribution is -2.16. The largest absolute Gasteiger partial charge is 0.420 e. The van der Waals surface area contributed by atoms with Gasteiger partial charge in [0.1, 0.15) is 5.56 Å². The van der Waals surface area contributed by atoms with Gasteiger partial charge in [0.25, 0.3) is 11.6 Å². The molecule has 0 saturated heterocycles. The van der Waals surface area contributed by atoms with Crippen LogP contribution in [0.4, 0.5) is 14.5 Å². The Morgan fingerprint density at radius 1 is 1.33 bits per heavy atom. The smallest absolute Gasteiger partial charge is 0.285 e. The summed E-state index contributed by atoms with van der Waals surface area (Å²) in [5.41, 5.74) is -0.878. The molecule has 0 fully saturated rings. The Kier molecular flexibility index (Phi) is 4.53. The fraction of sp³-hybridized carbons (Fsp3) is 0.333. The first-order valence-electron chi connectivity index (χ1n) is 6.19. The van der Waals surface area contributed by atoms with Gasteiger partial charge in [0.2, 0.25) is 5.89 Å². The van der Waals surface area contributed by atoms with Gasteiger partial charge in [-0.1, -0.05) is 6.92 Å². The third-order valence-corrected chi connectivity index (χ3v) is 2.70. The van der Waals surface area contributed by atoms with Crippen LogP contribution in [0, 0.1) is 21.7 Å². The van der Waals surface area contributed by atoms with Crippen molar-refractivity contribution in [1.82, 2.24) is 15.5 Å². The molecule has 1 heterocycles. The second kappa shape index (κ2) is 6.35. The molecular weight excluding hydrogens is 286 g/mol. The molecule has 2 rings (SSSR count). The Morgan fingerprint density at radius 2 is 2.05 bits per heavy atom. The summed E-state index contributed by atoms with van der Waals surface area (Å²) in [5, 5.41) is 21.3. The van der Waals surface area contributed by atoms with Crippen LogP contribution in [-0.2, 0) is 6.42 Å². The minimum atomic E-state index is -1.31. The van der Waals surface area contributed by atoms with Crippen LogP contribution in [0.5, 0.6) is 0 Å². The first-order chi connectivity index (χ1) is 10.0. The number of halogens is 2. The van der Waals surface area contributed by atoms with E-state index in [0.29, 0.717) is 25.1 Å². The fourth-order valence-corrected chi connectivity index (χ4v) is 1.69. The first-order valence-corrected chi connectivity index (χ1v) is 6.19. The minimum Gasteiger partial charge on any atom is -0.420 e. The molecule has 0 radical (unpaired) electrons. The van der Waals surface area contributed by atoms with E-state index in [-0.39, 0.29) is 17.3 Å². The predicted octanol–water partition coefficient (Wildman–Crippen LogP) is 2.07. The number of nitrogens with one attached hydrogen (secondary N) is 1. The number of likely N-dealkylation sites (N-methyl/N-ethyl adjacent to an activating group) is 1. The van der Waals surface area contributed by atoms with E-state index in [1.165, 1.54) is 0 Å². The lowest BCUT2D eigenvalue weighted by Gasteiger charge is -2.00. The van der Waals surface area contributed by atoms with Crippen LogP contribution in [0.15, 0.2) is 16.5 Å². The maximum Gasteiger partial charge on any atom is 0.285 e. The fourth-order valence-electron chi connectivity index (χ4n) is 1.69. The van der Waals surface area contributed by atoms with E-state index >= 15 is 0 Å². The van der Waals surface area contributed by atoms with Gasteiger partial charge >= 0.3 is 0 Å². The number of nitro groups is 1. The second-order valence-electron chi connectivity index (χ2n) is 4.15. The number of rotatable bonds is 6. The van der Waals surface area contributed by atoms with Gasteiger partial charge in [0.15, 0.2) is 11.6 Å². The van der Waals surface area contributed by atoms with E-state index in [4.69, 9.17) is 4.42 Å². The normalized spacial score (nSPS) is 10.8. The molecule has 9 heteroatoms. The molecule has 112 valence electrons. The van der Waals surface area contributed by atoms with Gasteiger partial charge < -0.3 is 9.73 Å². The molecule has 0 bridgehead atoms. The Labute approximate surface area is 118 Å². The van der Waals surface area contributed by atoms with Gasteiger partial charge in [-0.25, -0.2) is 8.78 Å². The maximum atomic E-state index is 13.3. The maximum absolute atomic E-state index is 13.3. The predicted molar refractivity (Wildman–Crippen MR) is 68.6 cm³/mol. The van der Waals surface area contributed by atoms with E-state index in [0.717, 1.165) is 6.54 Å². The summed E-state index contributed by atoms with van der Waals surface area (Å²) in [6.07, 6.45) is 0.429. The first kappa shape index (κ1) is 15.0. The standard InChI is InChI=1S/C12H12F2N4O3/c1-2-15-4-3-11-16-17-12(21-11)7-5-8(13)9(14)6-10(7)18(19)20/h5-6,15H,2-4H2,1H3. The molecule has 1 aromatic carbocycles. The summed E-state index contributed by atoms with van der Waals surface area (Å²) in [5.74, 6) is -2.49. The van der Waals surface area contributed by atoms with Crippen molar-refractivity contribution in [2.45, 2.75) is 13.3 Å². The average Bonchev–Trinajstić information content (AvgIpc) is 2.90. The molecule has 21 heavy (non-hydrogen) atoms. The summed E-state index contributed by atoms with van der Waals surface area (Å²) in [4.78, 5) is 10.1. The molecular formula is C12H12F2N4O3. The van der Waals surface area contributed by atoms with Crippen molar-refractivity contribution in [3.8, 4) is 11.5 Å². The average molecular weight is 298 g/mol. The SMILES string of the molecule is CCNCCc1nnc(-c2cc(F)c(F)cc2[N+](=O)[O-])o1. The van der Waals surface area contributed by atoms with Crippen LogP contribution in [0.3, 0.4) is 0 Å². The highest BCUT2D eigenvalue weighted by Crippen LogP contribution is 2.31. The third-order valence-electron chi connectivity index (χ3n) is 2.70. The molecule has 0 aliphatic carbocycles. The Bertz CT molecular complexity index is 660. The molecule has 2 aromatic rings. The summed E-state index contributed by atoms with van der Waals surface area (Å²) in [6.45, 7) is 3.30. The quantitative estimate of drug-likeness (QED) is 0.498. The number of nitrogens with zero attached hydrogens (tertiary/aromatic N) is 3. The van der Waals surface area contributed by atoms with Gasteiger partial charge in [-0.2, -0.15) is 0 Å². The molecule has 0 aliphatic rings. The number of hydrogen-bond acceptors (Lipinski definition) is 6. The number of aromatic nitrogens is 2. The van der Waals surface area contributed by atoms with E-state index in [2.05, 4.69) is 15.5 Å². The van der Waals surface area contributed by atoms with Crippen molar-refractivity contribution in [2.24, 2.45) is 0 Å². The molecule has 0 amide bonds. The van der Waals surface area contributed by atoms with Crippen molar-refractivity contribution < 1.29 is 18.1 Å². The van der Waals surface area contributed by atoms with Crippen LogP contribution in [0.1, 0.15) is 12.8 Å². The molecule has 0 saturated carbocycles. The van der Waals surface area contributed by atoms with Crippen LogP contribution in [0.2, 0.25) is 0 Å². The monoisotopic (exact) mass is 298 g/mol. The Hall–Kier alpha value is -2.42. The van der Waals surface area contributed by atoms with Crippen LogP contribution < -0.4 is 5.32 Å². The summed E-state index contributed by atoms with van der Waals surface area (Å²) in [7, 11) is 0. The summed E-state index contributed by atoms with van der Waals surface area (Å²) in [6, 6.07) is 1.17. The van der Waals surface area contributed by atoms with Gasteiger partial charge in [-0.15, -0.1) is 10.2 Å². The number of nitro benzene ring substituents is 1. The van der Waals surface area contributed by atoms with E-state index in [1.54, 1.807) is 0 Å². The van der Waals surface area contributed by atoms with Crippen LogP contribution in [-0.4, -0.2) is 28.2 Å². The van der Waals surface area contributed by atoms with E-state index in [1.807, 2.05) is 6.92 Å². The van der Waals surface area contributed by atoms with Gasteiger partial charge in [0, 0.05) is 13.0 Å². The van der Waals surface area contributed by atoms with Crippen LogP contribution >= 0.6 is 0 Å². The Morgan fingerprint density at radius 3 is 2.71 bits per heavy atom. The molecule has 1 N–H and O–H groups in total. The van der Waals surface area contributed by atoms with Gasteiger partial charge in [0.05, 0.1) is 11.0 Å². The van der Waals surface area contributed by atoms with Gasteiger partial charge in [-0.3, -0.25) is 10.1 Å². The molecule has 0 spiro atoms. The highest BCUT2D eigenvalue weighted by atomic mass is 19.2. The highest BCUT2D eigenvalue weighted by molar-refractivity contribution is 5.66. The topological polar surface area (TPSA) is 94.1 Å². The summed E-state index contributed by atoms with van der Waals surface area (Å²) >= 11 is 0. The Balaban J connectivity index is 2.33. The van der Waals surface area contributed by atoms with Crippen molar-refractivity contribution in [2.75, 3.05) is 13.1 Å². The summed E-state index contributed by atoms with van der Waals surface area (Å²) < 4.78 is 31.6. The lowest BCUT2D eigenvalue weighted by atomic mass is 10.1. The van der Waals surface area contributed by atoms with Crippen molar-refractivity contribution >= 4 is 5.69 Å². The minimum absolute atomic E-state index is 0.216. The van der Waals surface area contributed by atoms with Crippen molar-refractivity contribution in [3.05, 3.63) is 39.8 Å². The molecule has 1 aromatic heterocycles. The van der Waals surface area contributed by atoms with E-state index in [9.17, 15) is 18.9 Å². The molecule has 0 aliphatic heterocycles. The zero-order valence-corrected chi connectivity index (χ0v) is 11.1. The number of benzene rings is 1. The van der Waals surface area contributed by atoms with E-state index < -0.39 is 22.2 Å². The zero-order valence-electron chi connectivity index (χ0n) is 11.1. The molecule has 0 unspecified atom stereocenters. The lowest BCUT2D eigenvalue weighted by molar-refractivity contribution is -0.384. The second-order valence-corrected chi connectivity index (χ2v) is 4.15.